The Labute approximate surface area is 233 Å². The number of methoxy groups -OCH3 is 1. The first kappa shape index (κ1) is 27.4. The second-order valence-electron chi connectivity index (χ2n) is 10.6. The van der Waals surface area contributed by atoms with Gasteiger partial charge in [-0.1, -0.05) is 17.7 Å². The van der Waals surface area contributed by atoms with Crippen molar-refractivity contribution in [2.75, 3.05) is 39.6 Å². The largest absolute Gasteiger partial charge is 0.493 e. The highest BCUT2D eigenvalue weighted by Gasteiger charge is 2.33. The van der Waals surface area contributed by atoms with E-state index in [0.29, 0.717) is 34.3 Å². The summed E-state index contributed by atoms with van der Waals surface area (Å²) in [5.41, 5.74) is 0.876. The number of carbonyl (C=O) groups excluding carboxylic acids is 1. The zero-order valence-electron chi connectivity index (χ0n) is 22.6. The van der Waals surface area contributed by atoms with Crippen molar-refractivity contribution in [1.29, 1.82) is 0 Å². The summed E-state index contributed by atoms with van der Waals surface area (Å²) in [6.45, 7) is 1.89. The first-order valence-corrected chi connectivity index (χ1v) is 13.9. The normalized spacial score (nSPS) is 21.9. The minimum absolute atomic E-state index is 0.0315. The van der Waals surface area contributed by atoms with Gasteiger partial charge >= 0.3 is 0 Å². The Morgan fingerprint density at radius 1 is 1.13 bits per heavy atom. The van der Waals surface area contributed by atoms with Crippen LogP contribution in [0.3, 0.4) is 0 Å². The smallest absolute Gasteiger partial charge is 0.226 e. The second kappa shape index (κ2) is 11.9. The molecule has 1 aliphatic heterocycles. The number of amides is 1. The van der Waals surface area contributed by atoms with Crippen LogP contribution in [0.5, 0.6) is 11.5 Å². The summed E-state index contributed by atoms with van der Waals surface area (Å²) in [6.07, 6.45) is 7.37. The molecular formula is C29H35ClFN5O3. The third-order valence-corrected chi connectivity index (χ3v) is 8.11. The molecule has 1 N–H and O–H groups in total. The molecule has 8 nitrogen and oxygen atoms in total. The Morgan fingerprint density at radius 2 is 1.92 bits per heavy atom. The lowest BCUT2D eigenvalue weighted by molar-refractivity contribution is -0.135. The average Bonchev–Trinajstić information content (AvgIpc) is 2.95. The van der Waals surface area contributed by atoms with Gasteiger partial charge < -0.3 is 19.7 Å². The molecule has 5 rings (SSSR count). The molecule has 2 fully saturated rings. The van der Waals surface area contributed by atoms with Crippen LogP contribution in [-0.4, -0.2) is 72.1 Å². The molecule has 1 amide bonds. The number of benzene rings is 2. The maximum Gasteiger partial charge on any atom is 0.226 e. The van der Waals surface area contributed by atoms with Crippen LogP contribution in [0.15, 0.2) is 36.7 Å². The molecule has 2 aliphatic rings. The number of rotatable bonds is 7. The summed E-state index contributed by atoms with van der Waals surface area (Å²) in [5, 5.41) is 3.76. The van der Waals surface area contributed by atoms with E-state index in [1.165, 1.54) is 12.4 Å². The molecule has 10 heteroatoms. The maximum atomic E-state index is 14.6. The van der Waals surface area contributed by atoms with E-state index in [-0.39, 0.29) is 28.6 Å². The van der Waals surface area contributed by atoms with Crippen molar-refractivity contribution in [3.63, 3.8) is 0 Å². The summed E-state index contributed by atoms with van der Waals surface area (Å²) in [6, 6.07) is 8.92. The summed E-state index contributed by atoms with van der Waals surface area (Å²) >= 11 is 5.96. The number of piperidine rings is 1. The molecule has 0 unspecified atom stereocenters. The van der Waals surface area contributed by atoms with E-state index < -0.39 is 5.82 Å². The van der Waals surface area contributed by atoms with E-state index in [2.05, 4.69) is 20.2 Å². The molecule has 0 bridgehead atoms. The Morgan fingerprint density at radius 3 is 2.67 bits per heavy atom. The minimum Gasteiger partial charge on any atom is -0.493 e. The van der Waals surface area contributed by atoms with Crippen molar-refractivity contribution < 1.29 is 18.7 Å². The Bertz CT molecular complexity index is 1330. The molecule has 1 saturated carbocycles. The van der Waals surface area contributed by atoms with Crippen LogP contribution >= 0.6 is 11.6 Å². The zero-order chi connectivity index (χ0) is 27.5. The van der Waals surface area contributed by atoms with Crippen molar-refractivity contribution >= 4 is 39.9 Å². The summed E-state index contributed by atoms with van der Waals surface area (Å²) in [5.74, 6) is 1.42. The van der Waals surface area contributed by atoms with Gasteiger partial charge in [-0.15, -0.1) is 0 Å². The Balaban J connectivity index is 1.29. The number of ether oxygens (including phenoxy) is 2. The van der Waals surface area contributed by atoms with Gasteiger partial charge in [0.2, 0.25) is 5.91 Å². The lowest BCUT2D eigenvalue weighted by Gasteiger charge is -2.41. The van der Waals surface area contributed by atoms with Gasteiger partial charge in [0, 0.05) is 38.1 Å². The van der Waals surface area contributed by atoms with E-state index in [4.69, 9.17) is 21.1 Å². The molecule has 1 atom stereocenters. The third kappa shape index (κ3) is 6.04. The fraction of sp³-hybridized carbons (Fsp3) is 0.483. The molecule has 208 valence electrons. The topological polar surface area (TPSA) is 79.8 Å². The van der Waals surface area contributed by atoms with E-state index >= 15 is 0 Å². The number of nitrogens with one attached hydrogen (secondary N) is 1. The predicted octanol–water partition coefficient (Wildman–Crippen LogP) is 5.66. The molecule has 1 aromatic heterocycles. The van der Waals surface area contributed by atoms with Crippen LogP contribution in [0.25, 0.3) is 10.9 Å². The van der Waals surface area contributed by atoms with E-state index in [0.717, 1.165) is 51.6 Å². The highest BCUT2D eigenvalue weighted by atomic mass is 35.5. The molecule has 2 aromatic carbocycles. The van der Waals surface area contributed by atoms with Crippen molar-refractivity contribution in [3.05, 3.63) is 47.5 Å². The second-order valence-corrected chi connectivity index (χ2v) is 11.0. The van der Waals surface area contributed by atoms with Crippen LogP contribution in [0.1, 0.15) is 38.5 Å². The van der Waals surface area contributed by atoms with Gasteiger partial charge in [0.05, 0.1) is 35.4 Å². The van der Waals surface area contributed by atoms with Crippen molar-refractivity contribution in [2.45, 2.75) is 50.7 Å². The van der Waals surface area contributed by atoms with Gasteiger partial charge in [0.25, 0.3) is 0 Å². The monoisotopic (exact) mass is 555 g/mol. The number of nitrogens with zero attached hydrogens (tertiary/aromatic N) is 4. The first-order chi connectivity index (χ1) is 18.8. The van der Waals surface area contributed by atoms with Gasteiger partial charge in [0.15, 0.2) is 17.3 Å². The molecular weight excluding hydrogens is 521 g/mol. The van der Waals surface area contributed by atoms with Crippen molar-refractivity contribution in [2.24, 2.45) is 5.92 Å². The highest BCUT2D eigenvalue weighted by molar-refractivity contribution is 6.31. The zero-order valence-corrected chi connectivity index (χ0v) is 23.4. The molecule has 0 radical (unpaired) electrons. The quantitative estimate of drug-likeness (QED) is 0.402. The van der Waals surface area contributed by atoms with Crippen molar-refractivity contribution in [1.82, 2.24) is 19.8 Å². The van der Waals surface area contributed by atoms with Gasteiger partial charge in [0.1, 0.15) is 12.1 Å². The fourth-order valence-corrected chi connectivity index (χ4v) is 5.93. The van der Waals surface area contributed by atoms with Crippen LogP contribution in [0.4, 0.5) is 15.9 Å². The summed E-state index contributed by atoms with van der Waals surface area (Å²) in [4.78, 5) is 25.5. The lowest BCUT2D eigenvalue weighted by atomic mass is 9.88. The number of hydrogen-bond donors (Lipinski definition) is 1. The fourth-order valence-electron chi connectivity index (χ4n) is 5.76. The number of carbonyl (C=O) groups is 1. The number of aromatic nitrogens is 2. The molecule has 1 aliphatic carbocycles. The van der Waals surface area contributed by atoms with E-state index in [1.54, 1.807) is 24.1 Å². The number of hydrogen-bond acceptors (Lipinski definition) is 7. The Kier molecular flexibility index (Phi) is 8.37. The molecule has 39 heavy (non-hydrogen) atoms. The van der Waals surface area contributed by atoms with Gasteiger partial charge in [-0.3, -0.25) is 9.69 Å². The summed E-state index contributed by atoms with van der Waals surface area (Å²) in [7, 11) is 5.28. The minimum atomic E-state index is -0.543. The van der Waals surface area contributed by atoms with Gasteiger partial charge in [-0.2, -0.15) is 0 Å². The maximum absolute atomic E-state index is 14.6. The highest BCUT2D eigenvalue weighted by Crippen LogP contribution is 2.38. The van der Waals surface area contributed by atoms with Crippen molar-refractivity contribution in [3.8, 4) is 11.5 Å². The van der Waals surface area contributed by atoms with Crippen LogP contribution in [-0.2, 0) is 4.79 Å². The third-order valence-electron chi connectivity index (χ3n) is 7.82. The lowest BCUT2D eigenvalue weighted by Crippen LogP contribution is -2.48. The SMILES string of the molecule is COc1cc2ncnc(Nc3cccc(Cl)c3F)c2cc1O[C@H]1CC[C@H](N2CCC[C@H](C(=O)N(C)C)C2)CC1. The standard InChI is InChI=1S/C29H35ClFN5O3/c1-35(2)29(37)18-6-5-13-36(16-18)19-9-11-20(12-10-19)39-26-14-21-24(15-25(26)38-3)32-17-33-28(21)34-23-8-4-7-22(30)27(23)31/h4,7-8,14-15,17-20H,5-6,9-13,16H2,1-3H3,(H,32,33,34)/t18-,19-,20-/m0/s1. The Hall–Kier alpha value is -3.17. The predicted molar refractivity (Wildman–Crippen MR) is 150 cm³/mol. The van der Waals surface area contributed by atoms with Crippen LogP contribution in [0.2, 0.25) is 5.02 Å². The van der Waals surface area contributed by atoms with Gasteiger partial charge in [-0.05, 0) is 63.3 Å². The molecule has 0 spiro atoms. The van der Waals surface area contributed by atoms with Crippen LogP contribution < -0.4 is 14.8 Å². The number of halogens is 2. The average molecular weight is 556 g/mol. The number of likely N-dealkylation sites (tertiary alicyclic amines) is 1. The van der Waals surface area contributed by atoms with Crippen LogP contribution in [0, 0.1) is 11.7 Å². The van der Waals surface area contributed by atoms with E-state index in [9.17, 15) is 9.18 Å². The first-order valence-electron chi connectivity index (χ1n) is 13.5. The number of anilines is 2. The van der Waals surface area contributed by atoms with E-state index in [1.807, 2.05) is 26.2 Å². The van der Waals surface area contributed by atoms with Gasteiger partial charge in [-0.25, -0.2) is 14.4 Å². The molecule has 1 saturated heterocycles. The summed E-state index contributed by atoms with van der Waals surface area (Å²) < 4.78 is 26.7. The molecule has 2 heterocycles. The molecule has 3 aromatic rings. The number of fused-ring (bicyclic) bond motifs is 1.